The Kier molecular flexibility index (Phi) is 4.31. The molecule has 1 aromatic carbocycles. The standard InChI is InChI=1S/C18H19N5O3S/c1-2-27(25,26)23-13-7-5-11(6-8-13)14-9-15(22-18(24)12-3-4-12)21-17-16(14)19-10-20-17/h5-10,12,23H,2-4H2,1H3,(H2,19,20,21,22,24). The van der Waals surface area contributed by atoms with Crippen molar-refractivity contribution >= 4 is 38.6 Å². The summed E-state index contributed by atoms with van der Waals surface area (Å²) in [5, 5.41) is 2.86. The normalized spacial score (nSPS) is 14.3. The fourth-order valence-electron chi connectivity index (χ4n) is 2.76. The summed E-state index contributed by atoms with van der Waals surface area (Å²) in [6, 6.07) is 8.80. The number of aromatic nitrogens is 3. The third kappa shape index (κ3) is 3.77. The van der Waals surface area contributed by atoms with Gasteiger partial charge in [0.05, 0.1) is 12.1 Å². The average Bonchev–Trinajstić information content (AvgIpc) is 3.40. The monoisotopic (exact) mass is 385 g/mol. The molecule has 3 aromatic rings. The van der Waals surface area contributed by atoms with Crippen LogP contribution in [0.5, 0.6) is 0 Å². The first-order chi connectivity index (χ1) is 12.9. The number of amides is 1. The second-order valence-corrected chi connectivity index (χ2v) is 8.51. The van der Waals surface area contributed by atoms with Gasteiger partial charge in [0, 0.05) is 17.2 Å². The summed E-state index contributed by atoms with van der Waals surface area (Å²) in [5.41, 5.74) is 3.40. The zero-order valence-electron chi connectivity index (χ0n) is 14.7. The highest BCUT2D eigenvalue weighted by Crippen LogP contribution is 2.32. The molecule has 0 spiro atoms. The van der Waals surface area contributed by atoms with Crippen LogP contribution in [0, 0.1) is 5.92 Å². The summed E-state index contributed by atoms with van der Waals surface area (Å²) in [6.45, 7) is 1.58. The van der Waals surface area contributed by atoms with Gasteiger partial charge in [-0.15, -0.1) is 0 Å². The molecule has 0 aliphatic heterocycles. The lowest BCUT2D eigenvalue weighted by Crippen LogP contribution is -2.14. The summed E-state index contributed by atoms with van der Waals surface area (Å²) in [4.78, 5) is 23.8. The molecule has 2 aromatic heterocycles. The van der Waals surface area contributed by atoms with Crippen molar-refractivity contribution in [3.8, 4) is 11.1 Å². The minimum absolute atomic E-state index is 0.0110. The van der Waals surface area contributed by atoms with Gasteiger partial charge in [0.1, 0.15) is 11.3 Å². The van der Waals surface area contributed by atoms with Crippen LogP contribution < -0.4 is 10.0 Å². The van der Waals surface area contributed by atoms with Gasteiger partial charge in [0.25, 0.3) is 0 Å². The minimum Gasteiger partial charge on any atom is -0.329 e. The van der Waals surface area contributed by atoms with Crippen LogP contribution in [0.4, 0.5) is 11.5 Å². The number of pyridine rings is 1. The third-order valence-electron chi connectivity index (χ3n) is 4.44. The van der Waals surface area contributed by atoms with Gasteiger partial charge in [-0.3, -0.25) is 9.52 Å². The number of carbonyl (C=O) groups is 1. The number of aromatic amines is 1. The topological polar surface area (TPSA) is 117 Å². The quantitative estimate of drug-likeness (QED) is 0.603. The number of sulfonamides is 1. The number of rotatable bonds is 6. The van der Waals surface area contributed by atoms with Crippen LogP contribution in [0.15, 0.2) is 36.7 Å². The fourth-order valence-corrected chi connectivity index (χ4v) is 3.39. The zero-order valence-corrected chi connectivity index (χ0v) is 15.5. The fraction of sp³-hybridized carbons (Fsp3) is 0.278. The predicted molar refractivity (Wildman–Crippen MR) is 104 cm³/mol. The third-order valence-corrected chi connectivity index (χ3v) is 5.74. The van der Waals surface area contributed by atoms with Gasteiger partial charge >= 0.3 is 0 Å². The van der Waals surface area contributed by atoms with Crippen molar-refractivity contribution in [2.75, 3.05) is 15.8 Å². The first kappa shape index (κ1) is 17.5. The molecule has 1 amide bonds. The van der Waals surface area contributed by atoms with Crippen LogP contribution in [0.25, 0.3) is 22.3 Å². The molecule has 1 aliphatic carbocycles. The van der Waals surface area contributed by atoms with Gasteiger partial charge in [-0.2, -0.15) is 0 Å². The maximum absolute atomic E-state index is 12.1. The Balaban J connectivity index is 1.67. The number of hydrogen-bond acceptors (Lipinski definition) is 5. The van der Waals surface area contributed by atoms with E-state index in [-0.39, 0.29) is 17.6 Å². The number of imidazole rings is 1. The minimum atomic E-state index is -3.32. The number of hydrogen-bond donors (Lipinski definition) is 3. The molecule has 0 radical (unpaired) electrons. The van der Waals surface area contributed by atoms with Crippen molar-refractivity contribution in [1.29, 1.82) is 0 Å². The van der Waals surface area contributed by atoms with Crippen LogP contribution in [0.1, 0.15) is 19.8 Å². The average molecular weight is 385 g/mol. The molecule has 1 fully saturated rings. The van der Waals surface area contributed by atoms with Gasteiger partial charge < -0.3 is 10.3 Å². The van der Waals surface area contributed by atoms with E-state index in [1.165, 1.54) is 0 Å². The van der Waals surface area contributed by atoms with E-state index in [0.717, 1.165) is 24.0 Å². The van der Waals surface area contributed by atoms with Crippen LogP contribution in [-0.4, -0.2) is 35.0 Å². The van der Waals surface area contributed by atoms with Crippen LogP contribution in [-0.2, 0) is 14.8 Å². The number of benzene rings is 1. The van der Waals surface area contributed by atoms with Crippen molar-refractivity contribution in [2.45, 2.75) is 19.8 Å². The molecule has 0 atom stereocenters. The summed E-state index contributed by atoms with van der Waals surface area (Å²) in [6.07, 6.45) is 3.39. The predicted octanol–water partition coefficient (Wildman–Crippen LogP) is 2.74. The molecule has 3 N–H and O–H groups in total. The van der Waals surface area contributed by atoms with E-state index < -0.39 is 10.0 Å². The highest BCUT2D eigenvalue weighted by molar-refractivity contribution is 7.92. The maximum Gasteiger partial charge on any atom is 0.232 e. The Hall–Kier alpha value is -2.94. The molecule has 9 heteroatoms. The molecule has 8 nitrogen and oxygen atoms in total. The summed E-state index contributed by atoms with van der Waals surface area (Å²) < 4.78 is 25.9. The van der Waals surface area contributed by atoms with E-state index in [1.54, 1.807) is 31.5 Å². The molecule has 0 bridgehead atoms. The van der Waals surface area contributed by atoms with Crippen molar-refractivity contribution in [2.24, 2.45) is 5.92 Å². The molecule has 27 heavy (non-hydrogen) atoms. The zero-order chi connectivity index (χ0) is 19.0. The molecule has 1 aliphatic rings. The molecule has 2 heterocycles. The summed E-state index contributed by atoms with van der Waals surface area (Å²) in [7, 11) is -3.32. The van der Waals surface area contributed by atoms with E-state index in [2.05, 4.69) is 25.0 Å². The Morgan fingerprint density at radius 3 is 2.67 bits per heavy atom. The lowest BCUT2D eigenvalue weighted by atomic mass is 10.1. The Morgan fingerprint density at radius 1 is 1.26 bits per heavy atom. The van der Waals surface area contributed by atoms with Crippen molar-refractivity contribution < 1.29 is 13.2 Å². The Labute approximate surface area is 156 Å². The number of anilines is 2. The maximum atomic E-state index is 12.1. The first-order valence-electron chi connectivity index (χ1n) is 8.71. The van der Waals surface area contributed by atoms with Gasteiger partial charge in [0.15, 0.2) is 5.65 Å². The van der Waals surface area contributed by atoms with E-state index in [4.69, 9.17) is 0 Å². The highest BCUT2D eigenvalue weighted by Gasteiger charge is 2.30. The van der Waals surface area contributed by atoms with E-state index >= 15 is 0 Å². The Bertz CT molecular complexity index is 1100. The number of fused-ring (bicyclic) bond motifs is 1. The molecular formula is C18H19N5O3S. The van der Waals surface area contributed by atoms with Crippen molar-refractivity contribution in [1.82, 2.24) is 15.0 Å². The number of nitrogens with zero attached hydrogens (tertiary/aromatic N) is 2. The van der Waals surface area contributed by atoms with Crippen molar-refractivity contribution in [3.05, 3.63) is 36.7 Å². The largest absolute Gasteiger partial charge is 0.329 e. The number of carbonyl (C=O) groups excluding carboxylic acids is 1. The lowest BCUT2D eigenvalue weighted by molar-refractivity contribution is -0.117. The smallest absolute Gasteiger partial charge is 0.232 e. The van der Waals surface area contributed by atoms with Crippen molar-refractivity contribution in [3.63, 3.8) is 0 Å². The summed E-state index contributed by atoms with van der Waals surface area (Å²) >= 11 is 0. The number of H-pyrrole nitrogens is 1. The molecule has 0 saturated heterocycles. The lowest BCUT2D eigenvalue weighted by Gasteiger charge is -2.10. The molecular weight excluding hydrogens is 366 g/mol. The number of nitrogens with one attached hydrogen (secondary N) is 3. The second-order valence-electron chi connectivity index (χ2n) is 6.50. The molecule has 4 rings (SSSR count). The molecule has 1 saturated carbocycles. The second kappa shape index (κ2) is 6.66. The molecule has 140 valence electrons. The highest BCUT2D eigenvalue weighted by atomic mass is 32.2. The van der Waals surface area contributed by atoms with Crippen LogP contribution in [0.2, 0.25) is 0 Å². The SMILES string of the molecule is CCS(=O)(=O)Nc1ccc(-c2cc(NC(=O)C3CC3)nc3[nH]cnc23)cc1. The molecule has 0 unspecified atom stereocenters. The van der Waals surface area contributed by atoms with Gasteiger partial charge in [-0.05, 0) is 43.5 Å². The van der Waals surface area contributed by atoms with E-state index in [1.807, 2.05) is 12.1 Å². The van der Waals surface area contributed by atoms with Gasteiger partial charge in [-0.1, -0.05) is 12.1 Å². The Morgan fingerprint density at radius 2 is 2.00 bits per heavy atom. The first-order valence-corrected chi connectivity index (χ1v) is 10.4. The van der Waals surface area contributed by atoms with Crippen LogP contribution >= 0.6 is 0 Å². The van der Waals surface area contributed by atoms with E-state index in [9.17, 15) is 13.2 Å². The van der Waals surface area contributed by atoms with E-state index in [0.29, 0.717) is 22.7 Å². The van der Waals surface area contributed by atoms with Crippen LogP contribution in [0.3, 0.4) is 0 Å². The summed E-state index contributed by atoms with van der Waals surface area (Å²) in [5.74, 6) is 0.543. The van der Waals surface area contributed by atoms with Gasteiger partial charge in [0.2, 0.25) is 15.9 Å². The van der Waals surface area contributed by atoms with Gasteiger partial charge in [-0.25, -0.2) is 18.4 Å².